The van der Waals surface area contributed by atoms with Crippen LogP contribution in [0.1, 0.15) is 126 Å². The fourth-order valence-corrected chi connectivity index (χ4v) is 18.4. The highest BCUT2D eigenvalue weighted by Crippen LogP contribution is 2.41. The van der Waals surface area contributed by atoms with E-state index in [-0.39, 0.29) is 94.5 Å². The van der Waals surface area contributed by atoms with Gasteiger partial charge in [-0.05, 0) is 199 Å². The number of carbonyl (C=O) groups excluding carboxylic acids is 1. The van der Waals surface area contributed by atoms with E-state index in [2.05, 4.69) is 67.8 Å². The molecule has 0 fully saturated rings. The van der Waals surface area contributed by atoms with Crippen molar-refractivity contribution in [1.82, 2.24) is 73.1 Å². The number of aromatic nitrogens is 15. The Morgan fingerprint density at radius 1 is 0.359 bits per heavy atom. The first kappa shape index (κ1) is 102. The summed E-state index contributed by atoms with van der Waals surface area (Å²) >= 11 is 25.6. The van der Waals surface area contributed by atoms with E-state index in [1.807, 2.05) is 245 Å². The van der Waals surface area contributed by atoms with Crippen LogP contribution >= 0.6 is 66.7 Å². The average Bonchev–Trinajstić information content (AvgIpc) is 0.763. The van der Waals surface area contributed by atoms with Crippen LogP contribution in [-0.2, 0) is 6.42 Å². The number of nitrogens with one attached hydrogen (secondary N) is 5. The summed E-state index contributed by atoms with van der Waals surface area (Å²) in [5.41, 5.74) is 19.2. The summed E-state index contributed by atoms with van der Waals surface area (Å²) in [7, 11) is 0. The number of rotatable bonds is 16. The van der Waals surface area contributed by atoms with Gasteiger partial charge >= 0.3 is 0 Å². The molecular weight excluding hydrogens is 2020 g/mol. The first-order chi connectivity index (χ1) is 69.5. The van der Waals surface area contributed by atoms with Crippen LogP contribution in [-0.4, -0.2) is 78.9 Å². The van der Waals surface area contributed by atoms with Gasteiger partial charge in [-0.15, -0.1) is 0 Å². The van der Waals surface area contributed by atoms with Gasteiger partial charge < -0.3 is 43.2 Å². The lowest BCUT2D eigenvalue weighted by atomic mass is 9.97. The summed E-state index contributed by atoms with van der Waals surface area (Å²) in [6, 6.07) is 70.6. The standard InChI is InChI=1S/C24H20ClN3O3.C24H22ClN3O2.C23H20ClN3O2.C22H18BrN3O2.C21H13BrN4O/c1-13(2)28-12-16(9-20(25)24(28)31)17-10-18-22(30)19(14(3)29)11-26-23(18)27-21(17)15-7-5-4-6-8-15;1-4-15-12-26-23-19(22(15)29)11-18(21(27-23)16-8-6-5-7-9-16)17-10-20(25)24(30)28(13-17)14(2)3;1-13(2)27-12-16(9-19(24)23(27)29)17-10-18-21(28)14(3)11-25-22(18)26-20(17)15-7-5-4-6-8-15;1-13(2)26-12-15(10-18(23)22(26)28)16-11-17-19(27)8-9-24-21(17)25-20(16)14-6-4-3-5-7-14;1-12-7-15(9-19(22)25-12)16-10-17-18(27)5-6-24-21(17)26-20(16)14-4-2-3-13(8-14)11-23/h4-13H,1-3H3,(H,26,27,30);5-14H,4H2,1-3H3,(H,26,27,29);4-13H,1-3H3,(H,25,26,28);3-13H,1-2H3,(H,24,25,27);2-10H,1H3,(H,24,26,27). The number of ketones is 1. The number of nitrogens with zero attached hydrogens (tertiary/aromatic N) is 11. The number of aryl methyl sites for hydroxylation is 3. The molecule has 31 heteroatoms. The number of aromatic amines is 5. The number of H-pyrrole nitrogens is 5. The van der Waals surface area contributed by atoms with E-state index in [1.54, 1.807) is 111 Å². The second kappa shape index (κ2) is 43.7. The van der Waals surface area contributed by atoms with Crippen molar-refractivity contribution < 1.29 is 4.79 Å². The smallest absolute Gasteiger partial charge is 0.269 e. The van der Waals surface area contributed by atoms with Gasteiger partial charge in [-0.2, -0.15) is 5.26 Å². The van der Waals surface area contributed by atoms with Gasteiger partial charge in [-0.1, -0.05) is 175 Å². The molecule has 0 aliphatic carbocycles. The number of hydrogen-bond acceptors (Lipinski definition) is 17. The van der Waals surface area contributed by atoms with Crippen molar-refractivity contribution in [2.45, 2.75) is 114 Å². The van der Waals surface area contributed by atoms with Gasteiger partial charge in [0.1, 0.15) is 47.9 Å². The van der Waals surface area contributed by atoms with Crippen molar-refractivity contribution in [2.75, 3.05) is 0 Å². The SMILES string of the molecule is CC(=O)c1c[nH]c2nc(-c3ccccc3)c(-c3cc(Cl)c(=O)n(C(C)C)c3)cc2c1=O.CC(C)n1cc(-c2cc3c(=O)cc[nH]c3nc2-c2ccccc2)cc(Br)c1=O.CCc1c[nH]c2nc(-c3ccccc3)c(-c3cc(Cl)c(=O)n(C(C)C)c3)cc2c1=O.Cc1c[nH]c2nc(-c3ccccc3)c(-c3cc(Cl)c(=O)n(C(C)C)c3)cc2c1=O.Cc1cc(-c2cc3c(=O)cc[nH]c3nc2-c2cccc(C#N)c2)cc(Br)n1. The number of Topliss-reactive ketones (excluding diaryl/α,β-unsaturated/α-hetero) is 1. The second-order valence-electron chi connectivity index (χ2n) is 35.5. The minimum atomic E-state index is -0.391. The van der Waals surface area contributed by atoms with Crippen LogP contribution in [0.2, 0.25) is 15.1 Å². The van der Waals surface area contributed by atoms with Crippen LogP contribution in [0.5, 0.6) is 0 Å². The molecule has 0 bridgehead atoms. The van der Waals surface area contributed by atoms with Crippen LogP contribution in [0.25, 0.3) is 167 Å². The molecule has 15 heterocycles. The normalized spacial score (nSPS) is 11.2. The summed E-state index contributed by atoms with van der Waals surface area (Å²) in [5.74, 6) is -0.326. The molecule has 0 radical (unpaired) electrons. The third-order valence-electron chi connectivity index (χ3n) is 24.3. The predicted octanol–water partition coefficient (Wildman–Crippen LogP) is 24.4. The summed E-state index contributed by atoms with van der Waals surface area (Å²) in [5, 5.41) is 11.9. The highest BCUT2D eigenvalue weighted by Gasteiger charge is 2.25. The molecule has 0 unspecified atom stereocenters. The topological polar surface area (TPSA) is 370 Å². The van der Waals surface area contributed by atoms with Crippen molar-refractivity contribution >= 4 is 128 Å². The van der Waals surface area contributed by atoms with Crippen molar-refractivity contribution in [3.8, 4) is 118 Å². The Morgan fingerprint density at radius 2 is 0.697 bits per heavy atom. The minimum absolute atomic E-state index is 0.000689. The number of benzene rings is 5. The van der Waals surface area contributed by atoms with Crippen molar-refractivity contribution in [2.24, 2.45) is 0 Å². The van der Waals surface area contributed by atoms with E-state index in [0.29, 0.717) is 121 Å². The maximum Gasteiger partial charge on any atom is 0.269 e. The highest BCUT2D eigenvalue weighted by molar-refractivity contribution is 9.10. The van der Waals surface area contributed by atoms with Crippen molar-refractivity contribution in [1.29, 1.82) is 5.26 Å². The zero-order valence-electron chi connectivity index (χ0n) is 80.5. The van der Waals surface area contributed by atoms with E-state index >= 15 is 0 Å². The van der Waals surface area contributed by atoms with E-state index in [0.717, 1.165) is 83.7 Å². The molecule has 0 saturated carbocycles. The molecule has 0 atom stereocenters. The lowest BCUT2D eigenvalue weighted by Gasteiger charge is -2.16. The molecule has 0 aliphatic heterocycles. The summed E-state index contributed by atoms with van der Waals surface area (Å²) in [6.07, 6.45) is 15.7. The fourth-order valence-electron chi connectivity index (χ4n) is 16.8. The van der Waals surface area contributed by atoms with E-state index in [4.69, 9.17) is 59.7 Å². The molecule has 20 aromatic rings. The second-order valence-corrected chi connectivity index (χ2v) is 38.4. The Labute approximate surface area is 860 Å². The van der Waals surface area contributed by atoms with Gasteiger partial charge in [-0.3, -0.25) is 47.9 Å². The van der Waals surface area contributed by atoms with Crippen LogP contribution in [0.3, 0.4) is 0 Å². The molecule has 0 amide bonds. The van der Waals surface area contributed by atoms with Gasteiger partial charge in [0.25, 0.3) is 22.2 Å². The third kappa shape index (κ3) is 21.8. The van der Waals surface area contributed by atoms with E-state index < -0.39 is 5.43 Å². The monoisotopic (exact) mass is 2110 g/mol. The lowest BCUT2D eigenvalue weighted by Crippen LogP contribution is -2.22. The Hall–Kier alpha value is -16.2. The van der Waals surface area contributed by atoms with Crippen LogP contribution < -0.4 is 49.4 Å². The molecule has 5 N–H and O–H groups in total. The lowest BCUT2D eigenvalue weighted by molar-refractivity contribution is 0.101. The Morgan fingerprint density at radius 3 is 1.08 bits per heavy atom. The summed E-state index contributed by atoms with van der Waals surface area (Å²) < 4.78 is 7.59. The van der Waals surface area contributed by atoms with Gasteiger partial charge in [0.05, 0.1) is 77.1 Å². The molecule has 0 spiro atoms. The summed E-state index contributed by atoms with van der Waals surface area (Å²) in [4.78, 5) is 168. The third-order valence-corrected chi connectivity index (χ3v) is 26.0. The molecule has 26 nitrogen and oxygen atoms in total. The largest absolute Gasteiger partial charge is 0.346 e. The molecule has 5 aromatic carbocycles. The zero-order chi connectivity index (χ0) is 103. The molecule has 0 aliphatic rings. The van der Waals surface area contributed by atoms with Crippen LogP contribution in [0.4, 0.5) is 0 Å². The molecule has 724 valence electrons. The number of nitriles is 1. The number of halogens is 5. The number of fused-ring (bicyclic) bond motifs is 5. The Bertz CT molecular complexity index is 9130. The number of pyridine rings is 15. The van der Waals surface area contributed by atoms with Crippen LogP contribution in [0, 0.1) is 25.2 Å². The van der Waals surface area contributed by atoms with E-state index in [1.165, 1.54) is 25.3 Å². The van der Waals surface area contributed by atoms with Crippen molar-refractivity contribution in [3.05, 3.63) is 425 Å². The minimum Gasteiger partial charge on any atom is -0.346 e. The van der Waals surface area contributed by atoms with Crippen molar-refractivity contribution in [3.63, 3.8) is 0 Å². The molecule has 0 saturated heterocycles. The maximum atomic E-state index is 12.9. The Balaban J connectivity index is 0.000000130. The molecule has 145 heavy (non-hydrogen) atoms. The molecular formula is C114H93Br2Cl3N16O10. The zero-order valence-corrected chi connectivity index (χ0v) is 85.9. The van der Waals surface area contributed by atoms with Gasteiger partial charge in [-0.25, -0.2) is 29.9 Å². The average molecular weight is 2110 g/mol. The predicted molar refractivity (Wildman–Crippen MR) is 587 cm³/mol. The quantitative estimate of drug-likeness (QED) is 0.0443. The van der Waals surface area contributed by atoms with Gasteiger partial charge in [0.2, 0.25) is 5.43 Å². The first-order valence-corrected chi connectivity index (χ1v) is 49.0. The van der Waals surface area contributed by atoms with Crippen LogP contribution in [0.15, 0.2) is 332 Å². The molecule has 15 aromatic heterocycles. The van der Waals surface area contributed by atoms with Gasteiger partial charge in [0, 0.05) is 187 Å². The highest BCUT2D eigenvalue weighted by atomic mass is 79.9. The molecule has 20 rings (SSSR count). The Kier molecular flexibility index (Phi) is 30.7. The maximum absolute atomic E-state index is 12.9. The number of carbonyl (C=O) groups is 1. The fraction of sp³-hybridized carbons (Fsp3) is 0.149. The van der Waals surface area contributed by atoms with Gasteiger partial charge in [0.15, 0.2) is 27.5 Å². The number of hydrogen-bond donors (Lipinski definition) is 5. The first-order valence-electron chi connectivity index (χ1n) is 46.3. The summed E-state index contributed by atoms with van der Waals surface area (Å²) in [6.45, 7) is 22.4. The van der Waals surface area contributed by atoms with E-state index in [9.17, 15) is 53.2 Å².